The molecule has 1 unspecified atom stereocenters. The zero-order valence-electron chi connectivity index (χ0n) is 8.84. The Morgan fingerprint density at radius 2 is 2.31 bits per heavy atom. The molecular weight excluding hydrogens is 164 g/mol. The van der Waals surface area contributed by atoms with Crippen LogP contribution in [-0.4, -0.2) is 36.5 Å². The van der Waals surface area contributed by atoms with E-state index in [1.165, 1.54) is 12.8 Å². The van der Waals surface area contributed by atoms with Crippen molar-refractivity contribution in [3.63, 3.8) is 0 Å². The largest absolute Gasteiger partial charge is 0.359 e. The van der Waals surface area contributed by atoms with E-state index >= 15 is 0 Å². The van der Waals surface area contributed by atoms with Crippen molar-refractivity contribution in [2.75, 3.05) is 13.6 Å². The van der Waals surface area contributed by atoms with Gasteiger partial charge in [0.2, 0.25) is 5.91 Å². The van der Waals surface area contributed by atoms with Gasteiger partial charge in [-0.2, -0.15) is 0 Å². The summed E-state index contributed by atoms with van der Waals surface area (Å²) in [7, 11) is 1.71. The fraction of sp³-hybridized carbons (Fsp3) is 0.900. The van der Waals surface area contributed by atoms with Gasteiger partial charge in [-0.1, -0.05) is 0 Å². The van der Waals surface area contributed by atoms with Gasteiger partial charge in [-0.15, -0.1) is 0 Å². The summed E-state index contributed by atoms with van der Waals surface area (Å²) in [6.07, 6.45) is 3.07. The number of amides is 1. The minimum Gasteiger partial charge on any atom is -0.359 e. The molecule has 1 fully saturated rings. The second-order valence-corrected chi connectivity index (χ2v) is 4.00. The van der Waals surface area contributed by atoms with Crippen molar-refractivity contribution < 1.29 is 4.79 Å². The lowest BCUT2D eigenvalue weighted by Crippen LogP contribution is -2.38. The number of carbonyl (C=O) groups is 1. The highest BCUT2D eigenvalue weighted by Gasteiger charge is 2.27. The van der Waals surface area contributed by atoms with E-state index in [9.17, 15) is 4.79 Å². The van der Waals surface area contributed by atoms with Crippen molar-refractivity contribution in [1.82, 2.24) is 10.2 Å². The highest BCUT2D eigenvalue weighted by Crippen LogP contribution is 2.22. The average Bonchev–Trinajstić information content (AvgIpc) is 2.52. The second-order valence-electron chi connectivity index (χ2n) is 4.00. The van der Waals surface area contributed by atoms with Crippen LogP contribution < -0.4 is 5.32 Å². The van der Waals surface area contributed by atoms with Gasteiger partial charge in [-0.05, 0) is 33.2 Å². The quantitative estimate of drug-likeness (QED) is 0.709. The van der Waals surface area contributed by atoms with Gasteiger partial charge in [-0.25, -0.2) is 0 Å². The molecule has 0 aromatic rings. The van der Waals surface area contributed by atoms with Gasteiger partial charge < -0.3 is 5.32 Å². The molecule has 0 saturated carbocycles. The molecule has 3 nitrogen and oxygen atoms in total. The van der Waals surface area contributed by atoms with Crippen LogP contribution in [0, 0.1) is 0 Å². The molecule has 1 atom stereocenters. The number of nitrogens with one attached hydrogen (secondary N) is 1. The molecular formula is C10H20N2O. The molecule has 1 rings (SSSR count). The third-order valence-corrected chi connectivity index (χ3v) is 2.79. The maximum absolute atomic E-state index is 11.2. The van der Waals surface area contributed by atoms with Crippen LogP contribution in [0.15, 0.2) is 0 Å². The van der Waals surface area contributed by atoms with E-state index in [0.717, 1.165) is 6.54 Å². The third kappa shape index (κ3) is 2.69. The third-order valence-electron chi connectivity index (χ3n) is 2.79. The Labute approximate surface area is 80.5 Å². The fourth-order valence-corrected chi connectivity index (χ4v) is 2.07. The Morgan fingerprint density at radius 3 is 2.85 bits per heavy atom. The second kappa shape index (κ2) is 4.61. The minimum atomic E-state index is 0.164. The first-order chi connectivity index (χ1) is 6.15. The Bertz CT molecular complexity index is 180. The molecule has 13 heavy (non-hydrogen) atoms. The van der Waals surface area contributed by atoms with Crippen LogP contribution in [0.5, 0.6) is 0 Å². The normalized spacial score (nSPS) is 23.8. The first-order valence-corrected chi connectivity index (χ1v) is 5.11. The molecule has 0 aromatic heterocycles. The van der Waals surface area contributed by atoms with Crippen LogP contribution in [0.3, 0.4) is 0 Å². The summed E-state index contributed by atoms with van der Waals surface area (Å²) in [5.41, 5.74) is 0. The fourth-order valence-electron chi connectivity index (χ4n) is 2.07. The Kier molecular flexibility index (Phi) is 3.72. The molecule has 76 valence electrons. The van der Waals surface area contributed by atoms with E-state index in [-0.39, 0.29) is 5.91 Å². The molecule has 1 N–H and O–H groups in total. The molecule has 3 heteroatoms. The van der Waals surface area contributed by atoms with E-state index in [4.69, 9.17) is 0 Å². The summed E-state index contributed by atoms with van der Waals surface area (Å²) < 4.78 is 0. The summed E-state index contributed by atoms with van der Waals surface area (Å²) in [5, 5.41) is 2.69. The molecule has 1 aliphatic heterocycles. The average molecular weight is 184 g/mol. The first-order valence-electron chi connectivity index (χ1n) is 5.11. The predicted octanol–water partition coefficient (Wildman–Crippen LogP) is 0.995. The van der Waals surface area contributed by atoms with Crippen LogP contribution in [-0.2, 0) is 4.79 Å². The molecule has 0 spiro atoms. The van der Waals surface area contributed by atoms with Crippen molar-refractivity contribution in [2.24, 2.45) is 0 Å². The van der Waals surface area contributed by atoms with Gasteiger partial charge in [0.15, 0.2) is 0 Å². The summed E-state index contributed by atoms with van der Waals surface area (Å²) in [4.78, 5) is 13.6. The standard InChI is InChI=1S/C10H20N2O/c1-8(2)12-6-4-5-9(12)7-10(13)11-3/h8-9H,4-7H2,1-3H3,(H,11,13). The van der Waals surface area contributed by atoms with Crippen LogP contribution in [0.4, 0.5) is 0 Å². The van der Waals surface area contributed by atoms with Crippen molar-refractivity contribution in [3.8, 4) is 0 Å². The molecule has 1 heterocycles. The molecule has 1 amide bonds. The topological polar surface area (TPSA) is 32.3 Å². The van der Waals surface area contributed by atoms with Gasteiger partial charge in [0.1, 0.15) is 0 Å². The van der Waals surface area contributed by atoms with Crippen LogP contribution >= 0.6 is 0 Å². The summed E-state index contributed by atoms with van der Waals surface area (Å²) in [5.74, 6) is 0.164. The van der Waals surface area contributed by atoms with Gasteiger partial charge in [-0.3, -0.25) is 9.69 Å². The molecule has 0 radical (unpaired) electrons. The van der Waals surface area contributed by atoms with Gasteiger partial charge in [0.25, 0.3) is 0 Å². The van der Waals surface area contributed by atoms with Crippen molar-refractivity contribution in [1.29, 1.82) is 0 Å². The maximum Gasteiger partial charge on any atom is 0.221 e. The minimum absolute atomic E-state index is 0.164. The number of carbonyl (C=O) groups excluding carboxylic acids is 1. The zero-order chi connectivity index (χ0) is 9.84. The summed E-state index contributed by atoms with van der Waals surface area (Å²) in [6.45, 7) is 5.55. The highest BCUT2D eigenvalue weighted by molar-refractivity contribution is 5.76. The number of hydrogen-bond donors (Lipinski definition) is 1. The molecule has 1 aliphatic rings. The molecule has 0 aliphatic carbocycles. The monoisotopic (exact) mass is 184 g/mol. The van der Waals surface area contributed by atoms with Gasteiger partial charge in [0.05, 0.1) is 0 Å². The molecule has 0 aromatic carbocycles. The van der Waals surface area contributed by atoms with Crippen LogP contribution in [0.2, 0.25) is 0 Å². The predicted molar refractivity (Wildman–Crippen MR) is 53.5 cm³/mol. The highest BCUT2D eigenvalue weighted by atomic mass is 16.1. The number of rotatable bonds is 3. The van der Waals surface area contributed by atoms with E-state index in [1.54, 1.807) is 7.05 Å². The zero-order valence-corrected chi connectivity index (χ0v) is 8.84. The van der Waals surface area contributed by atoms with E-state index in [2.05, 4.69) is 24.1 Å². The lowest BCUT2D eigenvalue weighted by molar-refractivity contribution is -0.121. The SMILES string of the molecule is CNC(=O)CC1CCCN1C(C)C. The van der Waals surface area contributed by atoms with E-state index < -0.39 is 0 Å². The smallest absolute Gasteiger partial charge is 0.221 e. The summed E-state index contributed by atoms with van der Waals surface area (Å²) >= 11 is 0. The summed E-state index contributed by atoms with van der Waals surface area (Å²) in [6, 6.07) is 1.04. The Morgan fingerprint density at radius 1 is 1.62 bits per heavy atom. The van der Waals surface area contributed by atoms with E-state index in [0.29, 0.717) is 18.5 Å². The lowest BCUT2D eigenvalue weighted by atomic mass is 10.1. The Hall–Kier alpha value is -0.570. The number of nitrogens with zero attached hydrogens (tertiary/aromatic N) is 1. The maximum atomic E-state index is 11.2. The van der Waals surface area contributed by atoms with Gasteiger partial charge in [0, 0.05) is 25.6 Å². The number of hydrogen-bond acceptors (Lipinski definition) is 2. The number of likely N-dealkylation sites (tertiary alicyclic amines) is 1. The van der Waals surface area contributed by atoms with Crippen molar-refractivity contribution >= 4 is 5.91 Å². The van der Waals surface area contributed by atoms with Crippen molar-refractivity contribution in [2.45, 2.75) is 45.2 Å². The molecule has 0 bridgehead atoms. The first kappa shape index (κ1) is 10.5. The van der Waals surface area contributed by atoms with Crippen LogP contribution in [0.25, 0.3) is 0 Å². The lowest BCUT2D eigenvalue weighted by Gasteiger charge is -2.27. The van der Waals surface area contributed by atoms with Gasteiger partial charge >= 0.3 is 0 Å². The van der Waals surface area contributed by atoms with Crippen LogP contribution in [0.1, 0.15) is 33.1 Å². The Balaban J connectivity index is 2.44. The van der Waals surface area contributed by atoms with Crippen molar-refractivity contribution in [3.05, 3.63) is 0 Å². The molecule has 1 saturated heterocycles. The van der Waals surface area contributed by atoms with E-state index in [1.807, 2.05) is 0 Å².